The number of rotatable bonds is 4. The molecule has 0 fully saturated rings. The van der Waals surface area contributed by atoms with Crippen molar-refractivity contribution in [2.45, 2.75) is 13.5 Å². The van der Waals surface area contributed by atoms with Gasteiger partial charge in [0.05, 0.1) is 30.0 Å². The lowest BCUT2D eigenvalue weighted by Crippen LogP contribution is -2.03. The first-order chi connectivity index (χ1) is 13.2. The van der Waals surface area contributed by atoms with E-state index >= 15 is 0 Å². The number of carbonyl (C=O) groups excluding carboxylic acids is 1. The van der Waals surface area contributed by atoms with Gasteiger partial charge in [-0.2, -0.15) is 0 Å². The second kappa shape index (κ2) is 7.08. The van der Waals surface area contributed by atoms with Crippen molar-refractivity contribution >= 4 is 17.0 Å². The van der Waals surface area contributed by atoms with Crippen molar-refractivity contribution in [3.05, 3.63) is 89.7 Å². The van der Waals surface area contributed by atoms with Crippen molar-refractivity contribution in [3.63, 3.8) is 0 Å². The molecule has 0 aliphatic rings. The van der Waals surface area contributed by atoms with E-state index < -0.39 is 0 Å². The SMILES string of the molecule is COC(=O)c1ccccc1-c1ccc(Cn2cnc3cc(C)ccc32)cc1. The van der Waals surface area contributed by atoms with E-state index in [1.54, 1.807) is 6.07 Å². The van der Waals surface area contributed by atoms with Gasteiger partial charge in [0.25, 0.3) is 0 Å². The van der Waals surface area contributed by atoms with Crippen molar-refractivity contribution < 1.29 is 9.53 Å². The van der Waals surface area contributed by atoms with E-state index in [1.165, 1.54) is 18.2 Å². The topological polar surface area (TPSA) is 44.1 Å². The molecule has 3 aromatic carbocycles. The molecule has 0 spiro atoms. The molecule has 0 amide bonds. The van der Waals surface area contributed by atoms with Gasteiger partial charge in [-0.15, -0.1) is 0 Å². The van der Waals surface area contributed by atoms with Gasteiger partial charge < -0.3 is 9.30 Å². The first-order valence-corrected chi connectivity index (χ1v) is 8.84. The van der Waals surface area contributed by atoms with Crippen LogP contribution in [-0.2, 0) is 11.3 Å². The van der Waals surface area contributed by atoms with E-state index in [9.17, 15) is 4.79 Å². The number of imidazole rings is 1. The van der Waals surface area contributed by atoms with Gasteiger partial charge in [-0.1, -0.05) is 48.5 Å². The summed E-state index contributed by atoms with van der Waals surface area (Å²) in [7, 11) is 1.40. The van der Waals surface area contributed by atoms with Crippen molar-refractivity contribution in [2.75, 3.05) is 7.11 Å². The summed E-state index contributed by atoms with van der Waals surface area (Å²) in [5.41, 5.74) is 6.96. The largest absolute Gasteiger partial charge is 0.465 e. The first kappa shape index (κ1) is 17.0. The summed E-state index contributed by atoms with van der Waals surface area (Å²) in [5, 5.41) is 0. The fourth-order valence-corrected chi connectivity index (χ4v) is 3.31. The van der Waals surface area contributed by atoms with Crippen LogP contribution in [0.5, 0.6) is 0 Å². The van der Waals surface area contributed by atoms with Crippen LogP contribution < -0.4 is 0 Å². The highest BCUT2D eigenvalue weighted by Gasteiger charge is 2.12. The molecule has 0 aliphatic carbocycles. The van der Waals surface area contributed by atoms with Crippen LogP contribution in [0.15, 0.2) is 73.1 Å². The molecule has 27 heavy (non-hydrogen) atoms. The fourth-order valence-electron chi connectivity index (χ4n) is 3.31. The molecule has 0 N–H and O–H groups in total. The Hall–Kier alpha value is -3.40. The van der Waals surface area contributed by atoms with E-state index in [0.717, 1.165) is 28.7 Å². The predicted molar refractivity (Wildman–Crippen MR) is 107 cm³/mol. The maximum Gasteiger partial charge on any atom is 0.338 e. The summed E-state index contributed by atoms with van der Waals surface area (Å²) in [6, 6.07) is 22.1. The standard InChI is InChI=1S/C23H20N2O2/c1-16-7-12-22-21(13-16)24-15-25(22)14-17-8-10-18(11-9-17)19-5-3-4-6-20(19)23(26)27-2/h3-13,15H,14H2,1-2H3. The third-order valence-electron chi connectivity index (χ3n) is 4.73. The molecular weight excluding hydrogens is 336 g/mol. The second-order valence-corrected chi connectivity index (χ2v) is 6.60. The molecule has 0 saturated carbocycles. The van der Waals surface area contributed by atoms with E-state index in [0.29, 0.717) is 5.56 Å². The normalized spacial score (nSPS) is 10.9. The van der Waals surface area contributed by atoms with Gasteiger partial charge in [0.15, 0.2) is 0 Å². The molecule has 1 aromatic heterocycles. The van der Waals surface area contributed by atoms with Crippen molar-refractivity contribution in [2.24, 2.45) is 0 Å². The van der Waals surface area contributed by atoms with Crippen LogP contribution in [0.3, 0.4) is 0 Å². The van der Waals surface area contributed by atoms with Crippen molar-refractivity contribution in [3.8, 4) is 11.1 Å². The van der Waals surface area contributed by atoms with E-state index in [1.807, 2.05) is 36.7 Å². The lowest BCUT2D eigenvalue weighted by Gasteiger charge is -2.10. The van der Waals surface area contributed by atoms with Gasteiger partial charge in [0.2, 0.25) is 0 Å². The Morgan fingerprint density at radius 1 is 1.04 bits per heavy atom. The lowest BCUT2D eigenvalue weighted by molar-refractivity contribution is 0.0601. The van der Waals surface area contributed by atoms with Crippen LogP contribution in [0.1, 0.15) is 21.5 Å². The molecule has 0 aliphatic heterocycles. The maximum atomic E-state index is 12.0. The predicted octanol–water partition coefficient (Wildman–Crippen LogP) is 4.85. The van der Waals surface area contributed by atoms with E-state index in [2.05, 4.69) is 46.8 Å². The highest BCUT2D eigenvalue weighted by molar-refractivity contribution is 5.97. The number of hydrogen-bond acceptors (Lipinski definition) is 3. The number of methoxy groups -OCH3 is 1. The highest BCUT2D eigenvalue weighted by Crippen LogP contribution is 2.25. The van der Waals surface area contributed by atoms with Gasteiger partial charge in [-0.05, 0) is 47.4 Å². The van der Waals surface area contributed by atoms with Gasteiger partial charge in [-0.3, -0.25) is 0 Å². The lowest BCUT2D eigenvalue weighted by atomic mass is 9.98. The number of hydrogen-bond donors (Lipinski definition) is 0. The van der Waals surface area contributed by atoms with Crippen LogP contribution in [0.2, 0.25) is 0 Å². The Bertz CT molecular complexity index is 1110. The molecule has 134 valence electrons. The average molecular weight is 356 g/mol. The highest BCUT2D eigenvalue weighted by atomic mass is 16.5. The number of aromatic nitrogens is 2. The Kier molecular flexibility index (Phi) is 4.47. The van der Waals surface area contributed by atoms with Crippen molar-refractivity contribution in [1.29, 1.82) is 0 Å². The smallest absolute Gasteiger partial charge is 0.338 e. The Balaban J connectivity index is 1.62. The van der Waals surface area contributed by atoms with Gasteiger partial charge in [0.1, 0.15) is 0 Å². The van der Waals surface area contributed by atoms with Crippen LogP contribution in [0, 0.1) is 6.92 Å². The van der Waals surface area contributed by atoms with Crippen LogP contribution >= 0.6 is 0 Å². The summed E-state index contributed by atoms with van der Waals surface area (Å²) in [6.07, 6.45) is 1.88. The quantitative estimate of drug-likeness (QED) is 0.491. The molecule has 0 bridgehead atoms. The monoisotopic (exact) mass is 356 g/mol. The summed E-state index contributed by atoms with van der Waals surface area (Å²) in [6.45, 7) is 2.82. The minimum Gasteiger partial charge on any atom is -0.465 e. The average Bonchev–Trinajstić information content (AvgIpc) is 3.09. The summed E-state index contributed by atoms with van der Waals surface area (Å²) < 4.78 is 7.04. The Labute approximate surface area is 158 Å². The third kappa shape index (κ3) is 3.34. The molecule has 4 nitrogen and oxygen atoms in total. The zero-order chi connectivity index (χ0) is 18.8. The number of fused-ring (bicyclic) bond motifs is 1. The van der Waals surface area contributed by atoms with Gasteiger partial charge in [-0.25, -0.2) is 9.78 Å². The number of nitrogens with zero attached hydrogens (tertiary/aromatic N) is 2. The van der Waals surface area contributed by atoms with Gasteiger partial charge in [0, 0.05) is 6.54 Å². The molecular formula is C23H20N2O2. The molecule has 4 aromatic rings. The minimum atomic E-state index is -0.324. The molecule has 0 unspecified atom stereocenters. The first-order valence-electron chi connectivity index (χ1n) is 8.84. The zero-order valence-electron chi connectivity index (χ0n) is 15.3. The van der Waals surface area contributed by atoms with Crippen molar-refractivity contribution in [1.82, 2.24) is 9.55 Å². The maximum absolute atomic E-state index is 12.0. The Morgan fingerprint density at radius 2 is 1.81 bits per heavy atom. The number of ether oxygens (including phenoxy) is 1. The van der Waals surface area contributed by atoms with Crippen LogP contribution in [0.25, 0.3) is 22.2 Å². The fraction of sp³-hybridized carbons (Fsp3) is 0.130. The van der Waals surface area contributed by atoms with Crippen LogP contribution in [0.4, 0.5) is 0 Å². The van der Waals surface area contributed by atoms with E-state index in [-0.39, 0.29) is 5.97 Å². The van der Waals surface area contributed by atoms with Crippen LogP contribution in [-0.4, -0.2) is 22.6 Å². The van der Waals surface area contributed by atoms with Gasteiger partial charge >= 0.3 is 5.97 Å². The number of esters is 1. The Morgan fingerprint density at radius 3 is 2.59 bits per heavy atom. The molecule has 0 radical (unpaired) electrons. The molecule has 0 atom stereocenters. The second-order valence-electron chi connectivity index (χ2n) is 6.60. The summed E-state index contributed by atoms with van der Waals surface area (Å²) in [4.78, 5) is 16.5. The molecule has 4 heteroatoms. The molecule has 0 saturated heterocycles. The zero-order valence-corrected chi connectivity index (χ0v) is 15.3. The number of aryl methyl sites for hydroxylation is 1. The number of benzene rings is 3. The molecule has 4 rings (SSSR count). The third-order valence-corrected chi connectivity index (χ3v) is 4.73. The minimum absolute atomic E-state index is 0.324. The van der Waals surface area contributed by atoms with E-state index in [4.69, 9.17) is 4.74 Å². The molecule has 1 heterocycles. The summed E-state index contributed by atoms with van der Waals surface area (Å²) >= 11 is 0. The number of carbonyl (C=O) groups is 1. The summed E-state index contributed by atoms with van der Waals surface area (Å²) in [5.74, 6) is -0.324.